The van der Waals surface area contributed by atoms with Crippen molar-refractivity contribution in [2.24, 2.45) is 0 Å². The Morgan fingerprint density at radius 3 is 2.79 bits per heavy atom. The van der Waals surface area contributed by atoms with Gasteiger partial charge in [-0.2, -0.15) is 0 Å². The van der Waals surface area contributed by atoms with E-state index in [0.717, 1.165) is 16.5 Å². The zero-order valence-electron chi connectivity index (χ0n) is 17.8. The number of carbonyl (C=O) groups excluding carboxylic acids is 2. The van der Waals surface area contributed by atoms with Crippen LogP contribution in [0.5, 0.6) is 5.75 Å². The van der Waals surface area contributed by atoms with Crippen LogP contribution in [0.15, 0.2) is 29.1 Å². The molecule has 3 aromatic rings. The standard InChI is InChI=1S/C23H19IN2O7/c1-3-12-13-7-11(27)5-6-17(13)25-19-14(12)9-26-18(19)8-16-15(20(26)28)10-32-21(29)23(16,24)33-22(30)31-4-2/h5-8,27H,3-4,9-10H2,1-2H3/t23-/m0/s1. The smallest absolute Gasteiger partial charge is 0.508 e. The quantitative estimate of drug-likeness (QED) is 0.229. The molecule has 0 fully saturated rings. The molecule has 0 unspecified atom stereocenters. The lowest BCUT2D eigenvalue weighted by molar-refractivity contribution is -0.161. The molecule has 1 atom stereocenters. The van der Waals surface area contributed by atoms with E-state index in [1.54, 1.807) is 58.3 Å². The van der Waals surface area contributed by atoms with Crippen LogP contribution in [-0.4, -0.2) is 33.4 Å². The molecule has 2 aromatic heterocycles. The van der Waals surface area contributed by atoms with Crippen molar-refractivity contribution >= 4 is 45.6 Å². The lowest BCUT2D eigenvalue weighted by Crippen LogP contribution is -2.43. The van der Waals surface area contributed by atoms with Crippen LogP contribution >= 0.6 is 22.6 Å². The summed E-state index contributed by atoms with van der Waals surface area (Å²) in [6.45, 7) is 3.78. The molecule has 33 heavy (non-hydrogen) atoms. The van der Waals surface area contributed by atoms with Crippen LogP contribution in [0, 0.1) is 0 Å². The van der Waals surface area contributed by atoms with Gasteiger partial charge < -0.3 is 23.9 Å². The minimum Gasteiger partial charge on any atom is -0.508 e. The Hall–Kier alpha value is -3.15. The number of rotatable bonds is 3. The van der Waals surface area contributed by atoms with Crippen LogP contribution < -0.4 is 5.56 Å². The van der Waals surface area contributed by atoms with Crippen molar-refractivity contribution in [1.82, 2.24) is 9.55 Å². The van der Waals surface area contributed by atoms with Gasteiger partial charge in [0.15, 0.2) is 0 Å². The molecule has 4 heterocycles. The van der Waals surface area contributed by atoms with Crippen LogP contribution in [0.2, 0.25) is 0 Å². The van der Waals surface area contributed by atoms with Gasteiger partial charge in [-0.3, -0.25) is 4.79 Å². The summed E-state index contributed by atoms with van der Waals surface area (Å²) in [5.41, 5.74) is 3.86. The van der Waals surface area contributed by atoms with E-state index in [2.05, 4.69) is 0 Å². The molecule has 170 valence electrons. The molecular weight excluding hydrogens is 543 g/mol. The average molecular weight is 562 g/mol. The first-order valence-corrected chi connectivity index (χ1v) is 11.5. The number of phenols is 1. The van der Waals surface area contributed by atoms with Crippen LogP contribution in [0.4, 0.5) is 4.79 Å². The van der Waals surface area contributed by atoms with E-state index >= 15 is 0 Å². The van der Waals surface area contributed by atoms with Gasteiger partial charge in [0.05, 0.1) is 35.6 Å². The molecule has 10 heteroatoms. The van der Waals surface area contributed by atoms with E-state index in [0.29, 0.717) is 29.9 Å². The Kier molecular flexibility index (Phi) is 5.07. The second-order valence-corrected chi connectivity index (χ2v) is 9.26. The van der Waals surface area contributed by atoms with Gasteiger partial charge >= 0.3 is 12.1 Å². The molecule has 0 saturated heterocycles. The van der Waals surface area contributed by atoms with E-state index in [-0.39, 0.29) is 35.6 Å². The molecule has 2 aliphatic rings. The van der Waals surface area contributed by atoms with Gasteiger partial charge in [0.1, 0.15) is 12.4 Å². The van der Waals surface area contributed by atoms with Gasteiger partial charge in [-0.05, 0) is 65.8 Å². The van der Waals surface area contributed by atoms with Crippen molar-refractivity contribution in [2.45, 2.75) is 37.0 Å². The van der Waals surface area contributed by atoms with E-state index in [1.165, 1.54) is 0 Å². The highest BCUT2D eigenvalue weighted by atomic mass is 127. The molecule has 1 N–H and O–H groups in total. The lowest BCUT2D eigenvalue weighted by Gasteiger charge is -2.31. The van der Waals surface area contributed by atoms with E-state index in [9.17, 15) is 19.5 Å². The summed E-state index contributed by atoms with van der Waals surface area (Å²) < 4.78 is 15.1. The number of aromatic hydroxyl groups is 1. The zero-order valence-corrected chi connectivity index (χ0v) is 20.0. The van der Waals surface area contributed by atoms with Crippen LogP contribution in [0.1, 0.15) is 36.1 Å². The summed E-state index contributed by atoms with van der Waals surface area (Å²) in [6.07, 6.45) is -0.355. The molecule has 0 spiro atoms. The van der Waals surface area contributed by atoms with Crippen LogP contribution in [0.25, 0.3) is 22.3 Å². The number of carbonyl (C=O) groups is 2. The first-order chi connectivity index (χ1) is 15.8. The Balaban J connectivity index is 1.75. The van der Waals surface area contributed by atoms with Crippen molar-refractivity contribution in [3.8, 4) is 17.1 Å². The topological polar surface area (TPSA) is 117 Å². The molecule has 9 nitrogen and oxygen atoms in total. The first kappa shape index (κ1) is 21.7. The zero-order chi connectivity index (χ0) is 23.5. The molecular formula is C23H19IN2O7. The van der Waals surface area contributed by atoms with Crippen molar-refractivity contribution in [3.05, 3.63) is 56.9 Å². The fourth-order valence-electron chi connectivity index (χ4n) is 4.47. The maximum absolute atomic E-state index is 13.5. The first-order valence-electron chi connectivity index (χ1n) is 10.4. The number of halogens is 1. The second kappa shape index (κ2) is 7.72. The van der Waals surface area contributed by atoms with Crippen molar-refractivity contribution in [2.75, 3.05) is 6.61 Å². The molecule has 5 rings (SSSR count). The number of aryl methyl sites for hydroxylation is 1. The van der Waals surface area contributed by atoms with Gasteiger partial charge in [0, 0.05) is 16.5 Å². The number of nitrogens with zero attached hydrogens (tertiary/aromatic N) is 2. The Morgan fingerprint density at radius 2 is 2.06 bits per heavy atom. The van der Waals surface area contributed by atoms with Gasteiger partial charge in [0.25, 0.3) is 9.17 Å². The summed E-state index contributed by atoms with van der Waals surface area (Å²) in [6, 6.07) is 6.64. The highest BCUT2D eigenvalue weighted by Gasteiger charge is 2.50. The SMILES string of the molecule is CCOC(=O)O[C@]1(I)C(=O)OCc2c1cc1n(c2=O)Cc2c-1nc1ccc(O)cc1c2CC. The van der Waals surface area contributed by atoms with E-state index in [1.807, 2.05) is 6.92 Å². The fourth-order valence-corrected chi connectivity index (χ4v) is 5.29. The molecule has 0 amide bonds. The number of esters is 1. The minimum atomic E-state index is -1.86. The molecule has 2 aliphatic heterocycles. The molecule has 0 radical (unpaired) electrons. The Labute approximate surface area is 201 Å². The number of cyclic esters (lactones) is 1. The van der Waals surface area contributed by atoms with Gasteiger partial charge in [-0.25, -0.2) is 14.6 Å². The third-order valence-corrected chi connectivity index (χ3v) is 7.18. The third kappa shape index (κ3) is 3.18. The Morgan fingerprint density at radius 1 is 1.27 bits per heavy atom. The number of fused-ring (bicyclic) bond motifs is 5. The van der Waals surface area contributed by atoms with Gasteiger partial charge in [0.2, 0.25) is 0 Å². The summed E-state index contributed by atoms with van der Waals surface area (Å²) >= 11 is 1.68. The average Bonchev–Trinajstić information content (AvgIpc) is 3.14. The highest BCUT2D eigenvalue weighted by molar-refractivity contribution is 14.1. The number of ether oxygens (including phenoxy) is 3. The van der Waals surface area contributed by atoms with Crippen LogP contribution in [-0.2, 0) is 42.2 Å². The highest BCUT2D eigenvalue weighted by Crippen LogP contribution is 2.44. The van der Waals surface area contributed by atoms with Gasteiger partial charge in [-0.1, -0.05) is 6.92 Å². The maximum Gasteiger partial charge on any atom is 0.510 e. The largest absolute Gasteiger partial charge is 0.510 e. The number of phenolic OH excluding ortho intramolecular Hbond substituents is 1. The molecule has 0 bridgehead atoms. The number of alkyl halides is 1. The molecule has 1 aromatic carbocycles. The van der Waals surface area contributed by atoms with E-state index in [4.69, 9.17) is 19.2 Å². The summed E-state index contributed by atoms with van der Waals surface area (Å²) in [5, 5.41) is 10.8. The number of aromatic nitrogens is 2. The number of benzene rings is 1. The number of hydrogen-bond acceptors (Lipinski definition) is 8. The molecule has 0 saturated carbocycles. The van der Waals surface area contributed by atoms with E-state index < -0.39 is 15.7 Å². The van der Waals surface area contributed by atoms with Crippen LogP contribution in [0.3, 0.4) is 0 Å². The van der Waals surface area contributed by atoms with Crippen molar-refractivity contribution in [1.29, 1.82) is 0 Å². The summed E-state index contributed by atoms with van der Waals surface area (Å²) in [4.78, 5) is 43.0. The minimum absolute atomic E-state index is 0.0695. The number of pyridine rings is 2. The van der Waals surface area contributed by atoms with Gasteiger partial charge in [-0.15, -0.1) is 0 Å². The molecule has 0 aliphatic carbocycles. The van der Waals surface area contributed by atoms with Crippen molar-refractivity contribution < 1.29 is 28.9 Å². The predicted molar refractivity (Wildman–Crippen MR) is 125 cm³/mol. The lowest BCUT2D eigenvalue weighted by atomic mass is 9.97. The second-order valence-electron chi connectivity index (χ2n) is 7.74. The number of hydrogen-bond donors (Lipinski definition) is 1. The third-order valence-electron chi connectivity index (χ3n) is 5.94. The fraction of sp³-hybridized carbons (Fsp3) is 0.304. The predicted octanol–water partition coefficient (Wildman–Crippen LogP) is 3.51. The maximum atomic E-state index is 13.5. The summed E-state index contributed by atoms with van der Waals surface area (Å²) in [5.74, 6) is -0.647. The Bertz CT molecular complexity index is 1410. The normalized spacial score (nSPS) is 18.3. The summed E-state index contributed by atoms with van der Waals surface area (Å²) in [7, 11) is 0. The monoisotopic (exact) mass is 562 g/mol. The van der Waals surface area contributed by atoms with Crippen molar-refractivity contribution in [3.63, 3.8) is 0 Å².